The van der Waals surface area contributed by atoms with Crippen molar-refractivity contribution in [1.82, 2.24) is 4.98 Å². The lowest BCUT2D eigenvalue weighted by molar-refractivity contribution is 1.09. The van der Waals surface area contributed by atoms with Gasteiger partial charge < -0.3 is 0 Å². The highest BCUT2D eigenvalue weighted by atomic mass is 35.5. The monoisotopic (exact) mass is 235 g/mol. The molecular weight excluding hydrogens is 225 g/mol. The van der Waals surface area contributed by atoms with Crippen molar-refractivity contribution in [1.29, 1.82) is 0 Å². The summed E-state index contributed by atoms with van der Waals surface area (Å²) in [4.78, 5) is 4.17. The molecule has 0 saturated heterocycles. The van der Waals surface area contributed by atoms with Crippen LogP contribution in [-0.4, -0.2) is 10.2 Å². The van der Waals surface area contributed by atoms with E-state index in [-0.39, 0.29) is 0 Å². The molecule has 0 radical (unpaired) electrons. The van der Waals surface area contributed by atoms with Gasteiger partial charge in [-0.3, -0.25) is 4.98 Å². The summed E-state index contributed by atoms with van der Waals surface area (Å²) >= 11 is 13.5. The predicted octanol–water partition coefficient (Wildman–Crippen LogP) is 4.03. The van der Waals surface area contributed by atoms with E-state index in [4.69, 9.17) is 23.2 Å². The lowest BCUT2D eigenvalue weighted by Crippen LogP contribution is -1.92. The second-order valence-corrected chi connectivity index (χ2v) is 5.35. The van der Waals surface area contributed by atoms with E-state index in [0.29, 0.717) is 15.3 Å². The van der Waals surface area contributed by atoms with Gasteiger partial charge in [0.2, 0.25) is 0 Å². The van der Waals surface area contributed by atoms with Crippen LogP contribution >= 0.6 is 35.0 Å². The van der Waals surface area contributed by atoms with Crippen LogP contribution in [-0.2, 0) is 5.75 Å². The lowest BCUT2D eigenvalue weighted by atomic mass is 10.4. The Morgan fingerprint density at radius 3 is 2.69 bits per heavy atom. The summed E-state index contributed by atoms with van der Waals surface area (Å²) in [7, 11) is 0. The third-order valence-corrected chi connectivity index (χ3v) is 3.08. The first kappa shape index (κ1) is 11.2. The van der Waals surface area contributed by atoms with E-state index in [1.54, 1.807) is 12.3 Å². The number of hydrogen-bond acceptors (Lipinski definition) is 2. The van der Waals surface area contributed by atoms with Crippen LogP contribution in [0.1, 0.15) is 19.5 Å². The van der Waals surface area contributed by atoms with E-state index in [1.165, 1.54) is 0 Å². The maximum Gasteiger partial charge on any atom is 0.0689 e. The third kappa shape index (κ3) is 3.75. The molecule has 0 unspecified atom stereocenters. The average molecular weight is 236 g/mol. The van der Waals surface area contributed by atoms with Crippen LogP contribution in [0.4, 0.5) is 0 Å². The van der Waals surface area contributed by atoms with E-state index >= 15 is 0 Å². The van der Waals surface area contributed by atoms with Crippen molar-refractivity contribution in [3.63, 3.8) is 0 Å². The van der Waals surface area contributed by atoms with Gasteiger partial charge in [-0.2, -0.15) is 11.8 Å². The van der Waals surface area contributed by atoms with Crippen molar-refractivity contribution in [2.75, 3.05) is 0 Å². The molecule has 0 aromatic carbocycles. The van der Waals surface area contributed by atoms with Crippen molar-refractivity contribution in [3.05, 3.63) is 28.0 Å². The van der Waals surface area contributed by atoms with Crippen LogP contribution in [0.2, 0.25) is 10.0 Å². The zero-order valence-corrected chi connectivity index (χ0v) is 9.88. The van der Waals surface area contributed by atoms with Crippen LogP contribution < -0.4 is 0 Å². The van der Waals surface area contributed by atoms with E-state index in [0.717, 1.165) is 11.4 Å². The molecule has 13 heavy (non-hydrogen) atoms. The molecule has 0 aliphatic heterocycles. The zero-order valence-electron chi connectivity index (χ0n) is 7.55. The highest BCUT2D eigenvalue weighted by Gasteiger charge is 2.04. The molecule has 1 aromatic rings. The van der Waals surface area contributed by atoms with Crippen molar-refractivity contribution < 1.29 is 0 Å². The van der Waals surface area contributed by atoms with Crippen molar-refractivity contribution >= 4 is 35.0 Å². The van der Waals surface area contributed by atoms with Crippen LogP contribution in [0.25, 0.3) is 0 Å². The Hall–Kier alpha value is 0.0800. The summed E-state index contributed by atoms with van der Waals surface area (Å²) < 4.78 is 0. The standard InChI is InChI=1S/C9H11Cl2NS/c1-6(2)13-5-9-8(11)3-7(10)4-12-9/h3-4,6H,5H2,1-2H3. The molecule has 0 bridgehead atoms. The molecule has 72 valence electrons. The number of rotatable bonds is 3. The van der Waals surface area contributed by atoms with Gasteiger partial charge in [-0.1, -0.05) is 37.0 Å². The molecule has 0 aliphatic rings. The largest absolute Gasteiger partial charge is 0.257 e. The van der Waals surface area contributed by atoms with Crippen molar-refractivity contribution in [2.24, 2.45) is 0 Å². The highest BCUT2D eigenvalue weighted by molar-refractivity contribution is 7.99. The fourth-order valence-corrected chi connectivity index (χ4v) is 2.04. The molecule has 0 fully saturated rings. The minimum atomic E-state index is 0.586. The van der Waals surface area contributed by atoms with Gasteiger partial charge in [0.15, 0.2) is 0 Å². The maximum absolute atomic E-state index is 5.95. The summed E-state index contributed by atoms with van der Waals surface area (Å²) in [5, 5.41) is 1.83. The Labute approximate surface area is 92.8 Å². The Morgan fingerprint density at radius 2 is 2.15 bits per heavy atom. The first-order chi connectivity index (χ1) is 6.09. The Kier molecular flexibility index (Phi) is 4.36. The van der Waals surface area contributed by atoms with E-state index in [1.807, 2.05) is 11.8 Å². The number of pyridine rings is 1. The fourth-order valence-electron chi connectivity index (χ4n) is 0.795. The average Bonchev–Trinajstić information content (AvgIpc) is 2.02. The van der Waals surface area contributed by atoms with Crippen molar-refractivity contribution in [3.8, 4) is 0 Å². The summed E-state index contributed by atoms with van der Waals surface area (Å²) in [6.07, 6.45) is 1.63. The number of hydrogen-bond donors (Lipinski definition) is 0. The second-order valence-electron chi connectivity index (χ2n) is 2.94. The zero-order chi connectivity index (χ0) is 9.84. The molecular formula is C9H11Cl2NS. The van der Waals surface area contributed by atoms with Crippen LogP contribution in [0.15, 0.2) is 12.3 Å². The summed E-state index contributed by atoms with van der Waals surface area (Å²) in [5.74, 6) is 0.841. The SMILES string of the molecule is CC(C)SCc1ncc(Cl)cc1Cl. The topological polar surface area (TPSA) is 12.9 Å². The van der Waals surface area contributed by atoms with E-state index < -0.39 is 0 Å². The molecule has 1 nitrogen and oxygen atoms in total. The number of halogens is 2. The van der Waals surface area contributed by atoms with Gasteiger partial charge in [-0.25, -0.2) is 0 Å². The first-order valence-corrected chi connectivity index (χ1v) is 5.81. The molecule has 0 amide bonds. The van der Waals surface area contributed by atoms with Gasteiger partial charge in [-0.05, 0) is 11.3 Å². The molecule has 1 heterocycles. The number of thioether (sulfide) groups is 1. The summed E-state index contributed by atoms with van der Waals surface area (Å²) in [6, 6.07) is 1.73. The molecule has 0 atom stereocenters. The molecule has 0 aliphatic carbocycles. The Balaban J connectivity index is 2.67. The predicted molar refractivity (Wildman–Crippen MR) is 60.7 cm³/mol. The van der Waals surface area contributed by atoms with Crippen LogP contribution in [0.5, 0.6) is 0 Å². The van der Waals surface area contributed by atoms with E-state index in [9.17, 15) is 0 Å². The molecule has 0 N–H and O–H groups in total. The maximum atomic E-state index is 5.95. The van der Waals surface area contributed by atoms with Crippen LogP contribution in [0.3, 0.4) is 0 Å². The van der Waals surface area contributed by atoms with E-state index in [2.05, 4.69) is 18.8 Å². The smallest absolute Gasteiger partial charge is 0.0689 e. The summed E-state index contributed by atoms with van der Waals surface area (Å²) in [6.45, 7) is 4.29. The van der Waals surface area contributed by atoms with Gasteiger partial charge in [0.1, 0.15) is 0 Å². The highest BCUT2D eigenvalue weighted by Crippen LogP contribution is 2.23. The van der Waals surface area contributed by atoms with Crippen LogP contribution in [0, 0.1) is 0 Å². The van der Waals surface area contributed by atoms with Gasteiger partial charge in [0, 0.05) is 11.9 Å². The molecule has 1 rings (SSSR count). The lowest BCUT2D eigenvalue weighted by Gasteiger charge is -2.05. The minimum Gasteiger partial charge on any atom is -0.257 e. The Bertz CT molecular complexity index is 289. The van der Waals surface area contributed by atoms with Crippen molar-refractivity contribution in [2.45, 2.75) is 24.9 Å². The molecule has 0 spiro atoms. The number of aromatic nitrogens is 1. The van der Waals surface area contributed by atoms with Gasteiger partial charge in [0.25, 0.3) is 0 Å². The van der Waals surface area contributed by atoms with Gasteiger partial charge in [0.05, 0.1) is 15.7 Å². The molecule has 0 saturated carbocycles. The molecule has 1 aromatic heterocycles. The summed E-state index contributed by atoms with van der Waals surface area (Å²) in [5.41, 5.74) is 0.907. The first-order valence-electron chi connectivity index (χ1n) is 4.01. The second kappa shape index (κ2) is 5.08. The molecule has 4 heteroatoms. The quantitative estimate of drug-likeness (QED) is 0.785. The minimum absolute atomic E-state index is 0.586. The normalized spacial score (nSPS) is 10.8. The van der Waals surface area contributed by atoms with Gasteiger partial charge in [-0.15, -0.1) is 0 Å². The van der Waals surface area contributed by atoms with Gasteiger partial charge >= 0.3 is 0 Å². The Morgan fingerprint density at radius 1 is 1.46 bits per heavy atom. The number of nitrogens with zero attached hydrogens (tertiary/aromatic N) is 1. The fraction of sp³-hybridized carbons (Fsp3) is 0.444. The third-order valence-electron chi connectivity index (χ3n) is 1.44.